The number of halogens is 3. The number of likely N-dealkylation sites (N-methyl/N-ethyl adjacent to an activating group) is 1. The van der Waals surface area contributed by atoms with E-state index in [0.29, 0.717) is 6.42 Å². The van der Waals surface area contributed by atoms with Crippen LogP contribution in [0.15, 0.2) is 47.4 Å². The second-order valence-corrected chi connectivity index (χ2v) is 9.78. The zero-order valence-electron chi connectivity index (χ0n) is 20.1. The molecular formula is C26H32F3NO3S. The summed E-state index contributed by atoms with van der Waals surface area (Å²) in [6, 6.07) is 12.2. The molecule has 1 saturated heterocycles. The molecule has 1 fully saturated rings. The smallest absolute Gasteiger partial charge is 0.416 e. The molecule has 0 N–H and O–H groups in total. The van der Waals surface area contributed by atoms with Gasteiger partial charge in [0, 0.05) is 36.9 Å². The predicted molar refractivity (Wildman–Crippen MR) is 129 cm³/mol. The molecular weight excluding hydrogens is 463 g/mol. The first-order chi connectivity index (χ1) is 16.1. The van der Waals surface area contributed by atoms with E-state index in [-0.39, 0.29) is 39.9 Å². The minimum absolute atomic E-state index is 0.0289. The van der Waals surface area contributed by atoms with Gasteiger partial charge in [-0.25, -0.2) is 0 Å². The molecule has 34 heavy (non-hydrogen) atoms. The second kappa shape index (κ2) is 11.1. The topological polar surface area (TPSA) is 38.8 Å². The first kappa shape index (κ1) is 26.6. The van der Waals surface area contributed by atoms with Crippen LogP contribution >= 0.6 is 11.8 Å². The lowest BCUT2D eigenvalue weighted by Gasteiger charge is -2.45. The Balaban J connectivity index is 1.83. The summed E-state index contributed by atoms with van der Waals surface area (Å²) in [6.45, 7) is 1.70. The van der Waals surface area contributed by atoms with E-state index in [9.17, 15) is 18.0 Å². The first-order valence-corrected chi connectivity index (χ1v) is 12.5. The lowest BCUT2D eigenvalue weighted by Crippen LogP contribution is -2.51. The van der Waals surface area contributed by atoms with E-state index in [4.69, 9.17) is 9.47 Å². The van der Waals surface area contributed by atoms with Crippen molar-refractivity contribution in [3.05, 3.63) is 59.2 Å². The van der Waals surface area contributed by atoms with Crippen molar-refractivity contribution in [1.29, 1.82) is 0 Å². The molecule has 0 radical (unpaired) electrons. The minimum atomic E-state index is -4.51. The Kier molecular flexibility index (Phi) is 8.71. The van der Waals surface area contributed by atoms with Crippen LogP contribution in [0.2, 0.25) is 0 Å². The molecule has 0 aromatic heterocycles. The van der Waals surface area contributed by atoms with E-state index in [1.807, 2.05) is 18.2 Å². The van der Waals surface area contributed by atoms with E-state index in [1.54, 1.807) is 13.4 Å². The van der Waals surface area contributed by atoms with Crippen molar-refractivity contribution in [3.8, 4) is 5.75 Å². The van der Waals surface area contributed by atoms with Gasteiger partial charge in [0.25, 0.3) is 0 Å². The van der Waals surface area contributed by atoms with E-state index in [0.717, 1.165) is 49.8 Å². The summed E-state index contributed by atoms with van der Waals surface area (Å²) in [4.78, 5) is 15.8. The number of carbonyl (C=O) groups is 1. The number of likely N-dealkylation sites (tertiary alicyclic amines) is 1. The molecule has 1 heterocycles. The maximum absolute atomic E-state index is 13.3. The zero-order valence-corrected chi connectivity index (χ0v) is 20.9. The van der Waals surface area contributed by atoms with Gasteiger partial charge in [0.2, 0.25) is 0 Å². The zero-order chi connectivity index (χ0) is 24.9. The highest BCUT2D eigenvalue weighted by molar-refractivity contribution is 7.98. The average Bonchev–Trinajstić information content (AvgIpc) is 2.82. The first-order valence-electron chi connectivity index (χ1n) is 11.3. The van der Waals surface area contributed by atoms with Gasteiger partial charge in [-0.3, -0.25) is 4.79 Å². The van der Waals surface area contributed by atoms with Crippen LogP contribution in [0.3, 0.4) is 0 Å². The van der Waals surface area contributed by atoms with Gasteiger partial charge in [-0.2, -0.15) is 13.2 Å². The number of ketones is 1. The minimum Gasteiger partial charge on any atom is -0.496 e. The molecule has 4 nitrogen and oxygen atoms in total. The normalized spacial score (nSPS) is 21.4. The highest BCUT2D eigenvalue weighted by atomic mass is 32.2. The van der Waals surface area contributed by atoms with Crippen molar-refractivity contribution in [2.75, 3.05) is 40.6 Å². The van der Waals surface area contributed by atoms with Gasteiger partial charge in [0.1, 0.15) is 5.75 Å². The molecule has 2 atom stereocenters. The van der Waals surface area contributed by atoms with Gasteiger partial charge in [0.15, 0.2) is 5.78 Å². The predicted octanol–water partition coefficient (Wildman–Crippen LogP) is 6.08. The van der Waals surface area contributed by atoms with Crippen molar-refractivity contribution in [3.63, 3.8) is 0 Å². The van der Waals surface area contributed by atoms with Gasteiger partial charge in [-0.15, -0.1) is 11.8 Å². The summed E-state index contributed by atoms with van der Waals surface area (Å²) < 4.78 is 50.8. The number of piperidine rings is 1. The number of ether oxygens (including phenoxy) is 2. The van der Waals surface area contributed by atoms with Crippen LogP contribution in [-0.4, -0.2) is 57.4 Å². The Morgan fingerprint density at radius 3 is 2.50 bits per heavy atom. The summed E-state index contributed by atoms with van der Waals surface area (Å²) >= 11 is 1.12. The molecule has 0 unspecified atom stereocenters. The summed E-state index contributed by atoms with van der Waals surface area (Å²) in [5.74, 6) is -0.232. The molecule has 0 bridgehead atoms. The standard InChI is InChI=1S/C26H32F3NO3S/c1-30-16-20(32-2)15-25(17-30,18-9-6-5-7-10-18)12-8-11-21(31)24-22(33-3)13-19(26(27,28)29)14-23(24)34-4/h5-7,9-10,13-14,20H,8,11-12,15-17H2,1-4H3/t20-,25+/m0/s1. The number of alkyl halides is 3. The van der Waals surface area contributed by atoms with Crippen LogP contribution in [0.25, 0.3) is 0 Å². The Hall–Kier alpha value is -2.03. The van der Waals surface area contributed by atoms with Crippen LogP contribution in [0, 0.1) is 0 Å². The van der Waals surface area contributed by atoms with Crippen molar-refractivity contribution in [2.45, 2.75) is 48.3 Å². The van der Waals surface area contributed by atoms with Crippen LogP contribution in [0.4, 0.5) is 13.2 Å². The molecule has 0 spiro atoms. The Morgan fingerprint density at radius 1 is 1.21 bits per heavy atom. The van der Waals surface area contributed by atoms with E-state index in [1.165, 1.54) is 12.7 Å². The fourth-order valence-electron chi connectivity index (χ4n) is 5.04. The number of Topliss-reactive ketones (excluding diaryl/α,β-unsaturated/α-hetero) is 1. The third-order valence-corrected chi connectivity index (χ3v) is 7.36. The number of hydrogen-bond acceptors (Lipinski definition) is 5. The lowest BCUT2D eigenvalue weighted by molar-refractivity contribution is -0.137. The van der Waals surface area contributed by atoms with E-state index >= 15 is 0 Å². The third-order valence-electron chi connectivity index (χ3n) is 6.60. The number of carbonyl (C=O) groups excluding carboxylic acids is 1. The van der Waals surface area contributed by atoms with Gasteiger partial charge in [-0.05, 0) is 50.3 Å². The summed E-state index contributed by atoms with van der Waals surface area (Å²) in [7, 11) is 5.10. The van der Waals surface area contributed by atoms with E-state index < -0.39 is 11.7 Å². The Morgan fingerprint density at radius 2 is 1.91 bits per heavy atom. The molecule has 2 aromatic carbocycles. The van der Waals surface area contributed by atoms with Gasteiger partial charge in [-0.1, -0.05) is 30.3 Å². The summed E-state index contributed by atoms with van der Waals surface area (Å²) in [5, 5.41) is 0. The maximum atomic E-state index is 13.3. The van der Waals surface area contributed by atoms with Crippen molar-refractivity contribution < 1.29 is 27.4 Å². The molecule has 2 aromatic rings. The number of hydrogen-bond donors (Lipinski definition) is 0. The van der Waals surface area contributed by atoms with Crippen molar-refractivity contribution in [2.24, 2.45) is 0 Å². The largest absolute Gasteiger partial charge is 0.496 e. The highest BCUT2D eigenvalue weighted by Crippen LogP contribution is 2.41. The molecule has 8 heteroatoms. The number of nitrogens with zero attached hydrogens (tertiary/aromatic N) is 1. The van der Waals surface area contributed by atoms with Crippen LogP contribution in [-0.2, 0) is 16.3 Å². The molecule has 0 saturated carbocycles. The van der Waals surface area contributed by atoms with Crippen molar-refractivity contribution >= 4 is 17.5 Å². The number of benzene rings is 2. The SMILES string of the molecule is COc1cc(C(F)(F)F)cc(SC)c1C(=O)CCC[C@@]1(c2ccccc2)C[C@H](OC)CN(C)C1. The lowest BCUT2D eigenvalue weighted by atomic mass is 9.70. The monoisotopic (exact) mass is 495 g/mol. The van der Waals surface area contributed by atoms with Crippen LogP contribution in [0.5, 0.6) is 5.75 Å². The molecule has 0 aliphatic carbocycles. The maximum Gasteiger partial charge on any atom is 0.416 e. The Labute approximate surface area is 203 Å². The molecule has 1 aliphatic heterocycles. The Bertz CT molecular complexity index is 958. The number of thioether (sulfide) groups is 1. The summed E-state index contributed by atoms with van der Waals surface area (Å²) in [6.07, 6.45) is -0.296. The second-order valence-electron chi connectivity index (χ2n) is 8.94. The summed E-state index contributed by atoms with van der Waals surface area (Å²) in [5.41, 5.74) is 0.464. The van der Waals surface area contributed by atoms with Crippen molar-refractivity contribution in [1.82, 2.24) is 4.90 Å². The van der Waals surface area contributed by atoms with Crippen LogP contribution < -0.4 is 4.74 Å². The van der Waals surface area contributed by atoms with Gasteiger partial charge >= 0.3 is 6.18 Å². The molecule has 3 rings (SSSR count). The quantitative estimate of drug-likeness (QED) is 0.312. The van der Waals surface area contributed by atoms with E-state index in [2.05, 4.69) is 24.1 Å². The number of rotatable bonds is 9. The van der Waals surface area contributed by atoms with Gasteiger partial charge in [0.05, 0.1) is 24.3 Å². The third kappa shape index (κ3) is 5.96. The van der Waals surface area contributed by atoms with Gasteiger partial charge < -0.3 is 14.4 Å². The highest BCUT2D eigenvalue weighted by Gasteiger charge is 2.40. The number of methoxy groups -OCH3 is 2. The van der Waals surface area contributed by atoms with Crippen LogP contribution in [0.1, 0.15) is 47.2 Å². The fraction of sp³-hybridized carbons (Fsp3) is 0.500. The molecule has 0 amide bonds. The molecule has 186 valence electrons. The fourth-order valence-corrected chi connectivity index (χ4v) is 5.70. The average molecular weight is 496 g/mol. The molecule has 1 aliphatic rings.